The highest BCUT2D eigenvalue weighted by molar-refractivity contribution is 5.89. The number of nitrogens with zero attached hydrogens (tertiary/aromatic N) is 1. The highest BCUT2D eigenvalue weighted by Gasteiger charge is 2.24. The van der Waals surface area contributed by atoms with Crippen molar-refractivity contribution in [2.24, 2.45) is 0 Å². The quantitative estimate of drug-likeness (QED) is 0.378. The molecule has 2 aliphatic rings. The monoisotopic (exact) mass is 487 g/mol. The normalized spacial score (nSPS) is 14.2. The summed E-state index contributed by atoms with van der Waals surface area (Å²) >= 11 is 0. The Morgan fingerprint density at radius 2 is 1.78 bits per heavy atom. The Balaban J connectivity index is 1.24. The van der Waals surface area contributed by atoms with Crippen molar-refractivity contribution in [2.75, 3.05) is 20.6 Å². The molecule has 182 valence electrons. The lowest BCUT2D eigenvalue weighted by atomic mass is 10.1. The van der Waals surface area contributed by atoms with Crippen molar-refractivity contribution in [3.63, 3.8) is 0 Å². The standard InChI is InChI=1S/C27H21NO8/c1-31-27(30)17-3-5-18(6-4-17)36-24-13-32-26-19(25(24)29)7-9-21-20(26)12-28(14-33-21)11-16-2-8-22-23(10-16)35-15-34-22/h2-10,13H,11-12,14-15H2,1H3. The third kappa shape index (κ3) is 3.99. The number of ether oxygens (including phenoxy) is 5. The van der Waals surface area contributed by atoms with Crippen LogP contribution in [0.3, 0.4) is 0 Å². The zero-order chi connectivity index (χ0) is 24.6. The second-order valence-corrected chi connectivity index (χ2v) is 8.41. The van der Waals surface area contributed by atoms with Gasteiger partial charge in [0.05, 0.1) is 23.6 Å². The van der Waals surface area contributed by atoms with Crippen LogP contribution in [0.5, 0.6) is 28.7 Å². The Kier molecular flexibility index (Phi) is 5.46. The van der Waals surface area contributed by atoms with Gasteiger partial charge in [-0.15, -0.1) is 0 Å². The number of rotatable bonds is 5. The van der Waals surface area contributed by atoms with Crippen LogP contribution in [0.25, 0.3) is 11.0 Å². The van der Waals surface area contributed by atoms with Crippen LogP contribution in [0, 0.1) is 0 Å². The van der Waals surface area contributed by atoms with Gasteiger partial charge in [0.2, 0.25) is 18.0 Å². The smallest absolute Gasteiger partial charge is 0.337 e. The van der Waals surface area contributed by atoms with E-state index >= 15 is 0 Å². The van der Waals surface area contributed by atoms with Gasteiger partial charge in [-0.05, 0) is 54.1 Å². The maximum atomic E-state index is 13.2. The van der Waals surface area contributed by atoms with E-state index in [9.17, 15) is 9.59 Å². The third-order valence-corrected chi connectivity index (χ3v) is 6.10. The van der Waals surface area contributed by atoms with E-state index in [1.807, 2.05) is 18.2 Å². The van der Waals surface area contributed by atoms with Crippen molar-refractivity contribution in [2.45, 2.75) is 13.1 Å². The van der Waals surface area contributed by atoms with Crippen molar-refractivity contribution in [3.8, 4) is 28.7 Å². The van der Waals surface area contributed by atoms with Crippen LogP contribution in [0.15, 0.2) is 70.1 Å². The fourth-order valence-electron chi connectivity index (χ4n) is 4.31. The number of esters is 1. The minimum atomic E-state index is -0.452. The van der Waals surface area contributed by atoms with Crippen LogP contribution in [0.4, 0.5) is 0 Å². The first-order valence-corrected chi connectivity index (χ1v) is 11.3. The minimum absolute atomic E-state index is 0.0437. The number of carbonyl (C=O) groups is 1. The van der Waals surface area contributed by atoms with Gasteiger partial charge >= 0.3 is 5.97 Å². The van der Waals surface area contributed by atoms with Crippen molar-refractivity contribution in [1.82, 2.24) is 4.90 Å². The maximum Gasteiger partial charge on any atom is 0.337 e. The summed E-state index contributed by atoms with van der Waals surface area (Å²) < 4.78 is 33.1. The molecule has 36 heavy (non-hydrogen) atoms. The molecular weight excluding hydrogens is 466 g/mol. The van der Waals surface area contributed by atoms with E-state index in [-0.39, 0.29) is 18.0 Å². The number of fused-ring (bicyclic) bond motifs is 4. The van der Waals surface area contributed by atoms with E-state index in [2.05, 4.69) is 4.90 Å². The Bertz CT molecular complexity index is 1530. The Morgan fingerprint density at radius 1 is 0.972 bits per heavy atom. The van der Waals surface area contributed by atoms with Crippen LogP contribution in [-0.4, -0.2) is 31.5 Å². The van der Waals surface area contributed by atoms with Crippen LogP contribution in [0.1, 0.15) is 21.5 Å². The fraction of sp³-hybridized carbons (Fsp3) is 0.185. The van der Waals surface area contributed by atoms with Gasteiger partial charge in [-0.1, -0.05) is 6.07 Å². The Hall–Kier alpha value is -4.50. The molecule has 0 fully saturated rings. The lowest BCUT2D eigenvalue weighted by Crippen LogP contribution is -2.31. The summed E-state index contributed by atoms with van der Waals surface area (Å²) in [4.78, 5) is 26.9. The molecule has 1 aromatic heterocycles. The van der Waals surface area contributed by atoms with Gasteiger partial charge in [0.15, 0.2) is 11.5 Å². The first-order chi connectivity index (χ1) is 17.6. The molecule has 0 radical (unpaired) electrons. The zero-order valence-corrected chi connectivity index (χ0v) is 19.3. The topological polar surface area (TPSA) is 96.7 Å². The van der Waals surface area contributed by atoms with Crippen LogP contribution >= 0.6 is 0 Å². The summed E-state index contributed by atoms with van der Waals surface area (Å²) in [6.45, 7) is 1.80. The average Bonchev–Trinajstić information content (AvgIpc) is 3.38. The molecule has 0 unspecified atom stereocenters. The number of benzene rings is 3. The van der Waals surface area contributed by atoms with Crippen molar-refractivity contribution >= 4 is 16.9 Å². The largest absolute Gasteiger partial charge is 0.478 e. The zero-order valence-electron chi connectivity index (χ0n) is 19.3. The molecule has 3 heterocycles. The lowest BCUT2D eigenvalue weighted by molar-refractivity contribution is 0.0600. The summed E-state index contributed by atoms with van der Waals surface area (Å²) in [7, 11) is 1.31. The molecule has 4 aromatic rings. The maximum absolute atomic E-state index is 13.2. The van der Waals surface area contributed by atoms with Crippen molar-refractivity contribution in [3.05, 3.63) is 87.8 Å². The molecule has 9 nitrogen and oxygen atoms in total. The van der Waals surface area contributed by atoms with Crippen molar-refractivity contribution in [1.29, 1.82) is 0 Å². The molecule has 0 saturated carbocycles. The van der Waals surface area contributed by atoms with Gasteiger partial charge in [-0.2, -0.15) is 0 Å². The highest BCUT2D eigenvalue weighted by atomic mass is 16.7. The van der Waals surface area contributed by atoms with Gasteiger partial charge in [-0.3, -0.25) is 9.69 Å². The SMILES string of the molecule is COC(=O)c1ccc(Oc2coc3c4c(ccc3c2=O)OCN(Cc2ccc3c(c2)OCO3)C4)cc1. The molecule has 0 spiro atoms. The van der Waals surface area contributed by atoms with Crippen molar-refractivity contribution < 1.29 is 32.9 Å². The van der Waals surface area contributed by atoms with Gasteiger partial charge in [0.1, 0.15) is 30.1 Å². The number of hydrogen-bond acceptors (Lipinski definition) is 9. The summed E-state index contributed by atoms with van der Waals surface area (Å²) in [5.41, 5.74) is 2.39. The molecule has 6 rings (SSSR count). The lowest BCUT2D eigenvalue weighted by Gasteiger charge is -2.29. The minimum Gasteiger partial charge on any atom is -0.478 e. The van der Waals surface area contributed by atoms with Crippen LogP contribution in [0.2, 0.25) is 0 Å². The first kappa shape index (κ1) is 22.0. The molecule has 0 atom stereocenters. The van der Waals surface area contributed by atoms with Crippen LogP contribution in [-0.2, 0) is 17.8 Å². The van der Waals surface area contributed by atoms with Gasteiger partial charge < -0.3 is 28.1 Å². The molecular formula is C27H21NO8. The molecule has 0 aliphatic carbocycles. The van der Waals surface area contributed by atoms with E-state index < -0.39 is 5.97 Å². The average molecular weight is 487 g/mol. The van der Waals surface area contributed by atoms with E-state index in [1.54, 1.807) is 36.4 Å². The first-order valence-electron chi connectivity index (χ1n) is 11.3. The summed E-state index contributed by atoms with van der Waals surface area (Å²) in [5.74, 6) is 2.14. The van der Waals surface area contributed by atoms with E-state index in [4.69, 9.17) is 28.1 Å². The summed E-state index contributed by atoms with van der Waals surface area (Å²) in [5, 5.41) is 0.394. The molecule has 9 heteroatoms. The van der Waals surface area contributed by atoms with Gasteiger partial charge in [0, 0.05) is 13.1 Å². The molecule has 0 saturated heterocycles. The number of methoxy groups -OCH3 is 1. The third-order valence-electron chi connectivity index (χ3n) is 6.10. The molecule has 0 bridgehead atoms. The molecule has 0 amide bonds. The van der Waals surface area contributed by atoms with Crippen LogP contribution < -0.4 is 24.4 Å². The number of carbonyl (C=O) groups excluding carboxylic acids is 1. The highest BCUT2D eigenvalue weighted by Crippen LogP contribution is 2.35. The second-order valence-electron chi connectivity index (χ2n) is 8.41. The predicted octanol–water partition coefficient (Wildman–Crippen LogP) is 4.45. The predicted molar refractivity (Wildman–Crippen MR) is 128 cm³/mol. The van der Waals surface area contributed by atoms with Gasteiger partial charge in [-0.25, -0.2) is 4.79 Å². The number of hydrogen-bond donors (Lipinski definition) is 0. The molecule has 0 N–H and O–H groups in total. The summed E-state index contributed by atoms with van der Waals surface area (Å²) in [6, 6.07) is 15.6. The Morgan fingerprint density at radius 3 is 2.61 bits per heavy atom. The van der Waals surface area contributed by atoms with E-state index in [0.717, 1.165) is 22.6 Å². The molecule has 3 aromatic carbocycles. The van der Waals surface area contributed by atoms with E-state index in [1.165, 1.54) is 13.4 Å². The second kappa shape index (κ2) is 8.94. The van der Waals surface area contributed by atoms with Gasteiger partial charge in [0.25, 0.3) is 0 Å². The Labute approximate surface area is 205 Å². The summed E-state index contributed by atoms with van der Waals surface area (Å²) in [6.07, 6.45) is 1.30. The fourth-order valence-corrected chi connectivity index (χ4v) is 4.31. The molecule has 2 aliphatic heterocycles. The van der Waals surface area contributed by atoms with E-state index in [0.29, 0.717) is 47.9 Å².